The second kappa shape index (κ2) is 15.6. The van der Waals surface area contributed by atoms with Crippen molar-refractivity contribution in [2.45, 2.75) is 79.6 Å². The van der Waals surface area contributed by atoms with E-state index in [-0.39, 0.29) is 0 Å². The van der Waals surface area contributed by atoms with Crippen LogP contribution in [-0.2, 0) is 12.8 Å². The number of anilines is 1. The number of fused-ring (bicyclic) bond motifs is 1. The van der Waals surface area contributed by atoms with Crippen LogP contribution in [-0.4, -0.2) is 27.2 Å². The van der Waals surface area contributed by atoms with Crippen LogP contribution < -0.4 is 16.0 Å². The smallest absolute Gasteiger partial charge is 0.0399 e. The Hall–Kier alpha value is -1.48. The van der Waals surface area contributed by atoms with Gasteiger partial charge in [-0.15, -0.1) is 0 Å². The van der Waals surface area contributed by atoms with Crippen LogP contribution in [0.25, 0.3) is 5.57 Å². The van der Waals surface area contributed by atoms with Gasteiger partial charge in [0.15, 0.2) is 0 Å². The summed E-state index contributed by atoms with van der Waals surface area (Å²) in [4.78, 5) is 2.37. The van der Waals surface area contributed by atoms with E-state index >= 15 is 0 Å². The highest BCUT2D eigenvalue weighted by Gasteiger charge is 2.17. The molecule has 0 saturated heterocycles. The third kappa shape index (κ3) is 8.38. The van der Waals surface area contributed by atoms with Gasteiger partial charge < -0.3 is 16.0 Å². The molecule has 0 radical (unpaired) electrons. The molecule has 2 rings (SSSR count). The summed E-state index contributed by atoms with van der Waals surface area (Å²) >= 11 is 0. The predicted octanol–water partition coefficient (Wildman–Crippen LogP) is 5.76. The van der Waals surface area contributed by atoms with E-state index in [0.717, 1.165) is 13.0 Å². The van der Waals surface area contributed by atoms with E-state index in [2.05, 4.69) is 50.2 Å². The summed E-state index contributed by atoms with van der Waals surface area (Å²) < 4.78 is 0. The molecule has 3 heteroatoms. The highest BCUT2D eigenvalue weighted by atomic mass is 15.1. The monoisotopic (exact) mass is 375 g/mol. The Morgan fingerprint density at radius 3 is 2.26 bits per heavy atom. The number of nitrogens with zero attached hydrogens (tertiary/aromatic N) is 1. The van der Waals surface area contributed by atoms with E-state index in [1.165, 1.54) is 66.5 Å². The van der Waals surface area contributed by atoms with Gasteiger partial charge in [-0.05, 0) is 53.7 Å². The van der Waals surface area contributed by atoms with Gasteiger partial charge in [0.25, 0.3) is 0 Å². The highest BCUT2D eigenvalue weighted by Crippen LogP contribution is 2.32. The predicted molar refractivity (Wildman–Crippen MR) is 125 cm³/mol. The molecule has 1 aromatic rings. The number of unbranched alkanes of at least 4 members (excludes halogenated alkanes) is 3. The van der Waals surface area contributed by atoms with Crippen molar-refractivity contribution < 1.29 is 0 Å². The first-order valence-corrected chi connectivity index (χ1v) is 11.1. The number of nitrogens with two attached hydrogens (primary N) is 1. The van der Waals surface area contributed by atoms with Crippen molar-refractivity contribution in [2.75, 3.05) is 32.1 Å². The number of nitrogens with one attached hydrogen (secondary N) is 1. The Morgan fingerprint density at radius 2 is 1.78 bits per heavy atom. The van der Waals surface area contributed by atoms with Gasteiger partial charge in [-0.3, -0.25) is 0 Å². The molecule has 27 heavy (non-hydrogen) atoms. The van der Waals surface area contributed by atoms with Gasteiger partial charge in [-0.2, -0.15) is 0 Å². The second-order valence-corrected chi connectivity index (χ2v) is 6.89. The van der Waals surface area contributed by atoms with E-state index < -0.39 is 0 Å². The Balaban J connectivity index is 0.000000722. The van der Waals surface area contributed by atoms with Crippen molar-refractivity contribution in [3.8, 4) is 0 Å². The molecule has 0 aromatic heterocycles. The van der Waals surface area contributed by atoms with Crippen LogP contribution in [0.4, 0.5) is 5.69 Å². The SMILES string of the molecule is CC.CCCCCC.CCc1cc2c(cc1/C(=C/NC)CN)CCCN2C. The van der Waals surface area contributed by atoms with Crippen molar-refractivity contribution in [2.24, 2.45) is 5.73 Å². The molecule has 0 aliphatic carbocycles. The normalized spacial score (nSPS) is 13.0. The van der Waals surface area contributed by atoms with Crippen LogP contribution in [0, 0.1) is 0 Å². The zero-order valence-corrected chi connectivity index (χ0v) is 19.1. The Labute approximate surface area is 169 Å². The fourth-order valence-electron chi connectivity index (χ4n) is 3.37. The van der Waals surface area contributed by atoms with Crippen LogP contribution in [0.1, 0.15) is 83.4 Å². The lowest BCUT2D eigenvalue weighted by molar-refractivity contribution is 0.702. The Bertz CT molecular complexity index is 531. The number of hydrogen-bond acceptors (Lipinski definition) is 3. The lowest BCUT2D eigenvalue weighted by atomic mass is 9.91. The molecule has 0 atom stereocenters. The minimum absolute atomic E-state index is 0.572. The first kappa shape index (κ1) is 25.5. The summed E-state index contributed by atoms with van der Waals surface area (Å²) in [5, 5.41) is 3.10. The van der Waals surface area contributed by atoms with E-state index in [4.69, 9.17) is 5.73 Å². The molecule has 1 aromatic carbocycles. The lowest BCUT2D eigenvalue weighted by Crippen LogP contribution is -2.25. The van der Waals surface area contributed by atoms with Crippen molar-refractivity contribution >= 4 is 11.3 Å². The van der Waals surface area contributed by atoms with E-state index in [1.807, 2.05) is 27.1 Å². The maximum Gasteiger partial charge on any atom is 0.0399 e. The van der Waals surface area contributed by atoms with Gasteiger partial charge >= 0.3 is 0 Å². The first-order valence-electron chi connectivity index (χ1n) is 11.1. The van der Waals surface area contributed by atoms with Crippen molar-refractivity contribution in [3.05, 3.63) is 35.0 Å². The quantitative estimate of drug-likeness (QED) is 0.595. The molecule has 1 aliphatic heterocycles. The number of benzene rings is 1. The van der Waals surface area contributed by atoms with Crippen LogP contribution in [0.15, 0.2) is 18.3 Å². The highest BCUT2D eigenvalue weighted by molar-refractivity contribution is 5.73. The van der Waals surface area contributed by atoms with Crippen LogP contribution in [0.2, 0.25) is 0 Å². The van der Waals surface area contributed by atoms with Crippen LogP contribution in [0.3, 0.4) is 0 Å². The van der Waals surface area contributed by atoms with Crippen molar-refractivity contribution in [1.82, 2.24) is 5.32 Å². The Morgan fingerprint density at radius 1 is 1.15 bits per heavy atom. The van der Waals surface area contributed by atoms with Gasteiger partial charge in [-0.1, -0.05) is 60.3 Å². The van der Waals surface area contributed by atoms with Gasteiger partial charge in [0.05, 0.1) is 0 Å². The minimum atomic E-state index is 0.572. The summed E-state index contributed by atoms with van der Waals surface area (Å²) in [6, 6.07) is 4.70. The average Bonchev–Trinajstić information content (AvgIpc) is 2.72. The van der Waals surface area contributed by atoms with Gasteiger partial charge in [0, 0.05) is 39.1 Å². The molecule has 0 fully saturated rings. The molecule has 3 nitrogen and oxygen atoms in total. The molecule has 0 amide bonds. The number of aryl methyl sites for hydroxylation is 2. The Kier molecular flexibility index (Phi) is 14.7. The fraction of sp³-hybridized carbons (Fsp3) is 0.667. The van der Waals surface area contributed by atoms with E-state index in [0.29, 0.717) is 6.54 Å². The molecular formula is C24H45N3. The molecule has 0 spiro atoms. The van der Waals surface area contributed by atoms with Crippen LogP contribution >= 0.6 is 0 Å². The van der Waals surface area contributed by atoms with E-state index in [1.54, 1.807) is 0 Å². The summed E-state index contributed by atoms with van der Waals surface area (Å²) in [5.41, 5.74) is 12.6. The molecule has 3 N–H and O–H groups in total. The fourth-order valence-corrected chi connectivity index (χ4v) is 3.37. The summed E-state index contributed by atoms with van der Waals surface area (Å²) in [5.74, 6) is 0. The topological polar surface area (TPSA) is 41.3 Å². The molecular weight excluding hydrogens is 330 g/mol. The molecule has 1 aliphatic rings. The lowest BCUT2D eigenvalue weighted by Gasteiger charge is -2.29. The second-order valence-electron chi connectivity index (χ2n) is 6.89. The maximum absolute atomic E-state index is 5.90. The maximum atomic E-state index is 5.90. The zero-order chi connectivity index (χ0) is 20.7. The number of hydrogen-bond donors (Lipinski definition) is 2. The zero-order valence-electron chi connectivity index (χ0n) is 19.1. The molecule has 0 saturated carbocycles. The first-order chi connectivity index (χ1) is 13.1. The van der Waals surface area contributed by atoms with Gasteiger partial charge in [-0.25, -0.2) is 0 Å². The summed E-state index contributed by atoms with van der Waals surface area (Å²) in [7, 11) is 4.11. The van der Waals surface area contributed by atoms with Crippen molar-refractivity contribution in [1.29, 1.82) is 0 Å². The van der Waals surface area contributed by atoms with E-state index in [9.17, 15) is 0 Å². The molecule has 0 bridgehead atoms. The van der Waals surface area contributed by atoms with Crippen LogP contribution in [0.5, 0.6) is 0 Å². The number of rotatable bonds is 7. The molecule has 156 valence electrons. The standard InChI is InChI=1S/C16H25N3.C6H14.C2H6/c1-4-12-9-16-13(6-5-7-19(16)3)8-15(12)14(10-17)11-18-2;1-3-5-6-4-2;1-2/h8-9,11,18H,4-7,10,17H2,1-3H3;3-6H2,1-2H3;1-2H3/b14-11+;;. The third-order valence-corrected chi connectivity index (χ3v) is 4.88. The average molecular weight is 376 g/mol. The van der Waals surface area contributed by atoms with Gasteiger partial charge in [0.1, 0.15) is 0 Å². The molecule has 0 unspecified atom stereocenters. The summed E-state index contributed by atoms with van der Waals surface area (Å²) in [6.45, 7) is 12.4. The minimum Gasteiger partial charge on any atom is -0.394 e. The molecule has 1 heterocycles. The largest absolute Gasteiger partial charge is 0.394 e. The third-order valence-electron chi connectivity index (χ3n) is 4.88. The van der Waals surface area contributed by atoms with Crippen molar-refractivity contribution in [3.63, 3.8) is 0 Å². The van der Waals surface area contributed by atoms with Gasteiger partial charge in [0.2, 0.25) is 0 Å². The summed E-state index contributed by atoms with van der Waals surface area (Å²) in [6.07, 6.45) is 11.0.